The molecule has 1 aliphatic carbocycles. The Bertz CT molecular complexity index is 243. The molecular formula is C16H32N2O. The molecule has 3 heteroatoms. The third kappa shape index (κ3) is 5.05. The van der Waals surface area contributed by atoms with Gasteiger partial charge in [0.2, 0.25) is 0 Å². The van der Waals surface area contributed by atoms with Crippen LogP contribution in [-0.2, 0) is 4.74 Å². The number of nitrogens with zero attached hydrogens (tertiary/aromatic N) is 2. The number of piperazine rings is 1. The molecule has 1 saturated carbocycles. The Morgan fingerprint density at radius 2 is 1.68 bits per heavy atom. The highest BCUT2D eigenvalue weighted by atomic mass is 16.5. The van der Waals surface area contributed by atoms with Crippen LogP contribution in [0.5, 0.6) is 0 Å². The van der Waals surface area contributed by atoms with Crippen LogP contribution in [0.3, 0.4) is 0 Å². The summed E-state index contributed by atoms with van der Waals surface area (Å²) in [4.78, 5) is 5.10. The van der Waals surface area contributed by atoms with Gasteiger partial charge in [-0.1, -0.05) is 6.92 Å². The van der Waals surface area contributed by atoms with Crippen LogP contribution in [0.2, 0.25) is 0 Å². The molecule has 0 N–H and O–H groups in total. The molecule has 0 aromatic carbocycles. The average Bonchev–Trinajstić information content (AvgIpc) is 2.42. The van der Waals surface area contributed by atoms with E-state index in [2.05, 4.69) is 23.8 Å². The van der Waals surface area contributed by atoms with Crippen molar-refractivity contribution >= 4 is 0 Å². The van der Waals surface area contributed by atoms with Gasteiger partial charge in [0.1, 0.15) is 0 Å². The lowest BCUT2D eigenvalue weighted by atomic mass is 9.82. The molecule has 1 unspecified atom stereocenters. The fourth-order valence-corrected chi connectivity index (χ4v) is 3.72. The molecule has 19 heavy (non-hydrogen) atoms. The molecule has 1 heterocycles. The van der Waals surface area contributed by atoms with Crippen molar-refractivity contribution in [1.29, 1.82) is 0 Å². The molecule has 0 spiro atoms. The summed E-state index contributed by atoms with van der Waals surface area (Å²) in [6.07, 6.45) is 7.29. The maximum Gasteiger partial charge on any atom is 0.0571 e. The van der Waals surface area contributed by atoms with Gasteiger partial charge in [-0.3, -0.25) is 0 Å². The van der Waals surface area contributed by atoms with E-state index in [0.29, 0.717) is 6.10 Å². The van der Waals surface area contributed by atoms with Gasteiger partial charge in [-0.25, -0.2) is 0 Å². The fourth-order valence-electron chi connectivity index (χ4n) is 3.72. The minimum atomic E-state index is 0.546. The van der Waals surface area contributed by atoms with E-state index in [1.165, 1.54) is 64.8 Å². The van der Waals surface area contributed by atoms with Crippen molar-refractivity contribution in [3.63, 3.8) is 0 Å². The van der Waals surface area contributed by atoms with Gasteiger partial charge in [0.25, 0.3) is 0 Å². The number of hydrogen-bond donors (Lipinski definition) is 0. The quantitative estimate of drug-likeness (QED) is 0.762. The van der Waals surface area contributed by atoms with E-state index < -0.39 is 0 Å². The van der Waals surface area contributed by atoms with Gasteiger partial charge in [0, 0.05) is 39.8 Å². The molecule has 1 saturated heterocycles. The van der Waals surface area contributed by atoms with Gasteiger partial charge in [-0.05, 0) is 51.0 Å². The van der Waals surface area contributed by atoms with Crippen LogP contribution < -0.4 is 0 Å². The molecule has 0 radical (unpaired) electrons. The number of ether oxygens (including phenoxy) is 1. The van der Waals surface area contributed by atoms with Gasteiger partial charge in [0.15, 0.2) is 0 Å². The molecule has 0 aromatic rings. The van der Waals surface area contributed by atoms with Gasteiger partial charge < -0.3 is 14.5 Å². The lowest BCUT2D eigenvalue weighted by Crippen LogP contribution is -2.46. The van der Waals surface area contributed by atoms with Crippen molar-refractivity contribution in [2.75, 3.05) is 46.9 Å². The summed E-state index contributed by atoms with van der Waals surface area (Å²) >= 11 is 0. The summed E-state index contributed by atoms with van der Waals surface area (Å²) in [6.45, 7) is 8.75. The molecule has 0 aromatic heterocycles. The second-order valence-corrected chi connectivity index (χ2v) is 6.82. The molecule has 1 atom stereocenters. The van der Waals surface area contributed by atoms with Crippen molar-refractivity contribution in [2.45, 2.75) is 45.1 Å². The topological polar surface area (TPSA) is 15.7 Å². The Balaban J connectivity index is 1.63. The van der Waals surface area contributed by atoms with Crippen molar-refractivity contribution in [3.8, 4) is 0 Å². The van der Waals surface area contributed by atoms with Crippen LogP contribution in [-0.4, -0.2) is 62.8 Å². The van der Waals surface area contributed by atoms with E-state index in [1.54, 1.807) is 0 Å². The third-order valence-electron chi connectivity index (χ3n) is 5.03. The van der Waals surface area contributed by atoms with E-state index in [-0.39, 0.29) is 0 Å². The van der Waals surface area contributed by atoms with Crippen molar-refractivity contribution in [3.05, 3.63) is 0 Å². The molecule has 112 valence electrons. The van der Waals surface area contributed by atoms with E-state index in [4.69, 9.17) is 4.74 Å². The first-order valence-electron chi connectivity index (χ1n) is 8.11. The Kier molecular flexibility index (Phi) is 6.11. The first-order valence-corrected chi connectivity index (χ1v) is 8.11. The van der Waals surface area contributed by atoms with E-state index in [9.17, 15) is 0 Å². The molecule has 0 amide bonds. The SMILES string of the molecule is COC1CCC(CC(C)CN2CCN(C)CC2)CC1. The zero-order chi connectivity index (χ0) is 13.7. The summed E-state index contributed by atoms with van der Waals surface area (Å²) in [7, 11) is 4.09. The first kappa shape index (κ1) is 15.3. The lowest BCUT2D eigenvalue weighted by Gasteiger charge is -2.35. The molecule has 3 nitrogen and oxygen atoms in total. The first-order chi connectivity index (χ1) is 9.17. The van der Waals surface area contributed by atoms with Gasteiger partial charge >= 0.3 is 0 Å². The zero-order valence-electron chi connectivity index (χ0n) is 13.1. The molecule has 2 rings (SSSR count). The Morgan fingerprint density at radius 3 is 2.26 bits per heavy atom. The number of methoxy groups -OCH3 is 1. The van der Waals surface area contributed by atoms with Crippen LogP contribution in [0.4, 0.5) is 0 Å². The van der Waals surface area contributed by atoms with Crippen LogP contribution in [0, 0.1) is 11.8 Å². The van der Waals surface area contributed by atoms with Crippen LogP contribution in [0.15, 0.2) is 0 Å². The molecular weight excluding hydrogens is 236 g/mol. The fraction of sp³-hybridized carbons (Fsp3) is 1.00. The maximum atomic E-state index is 5.46. The highest BCUT2D eigenvalue weighted by molar-refractivity contribution is 4.76. The molecule has 1 aliphatic heterocycles. The second kappa shape index (κ2) is 7.61. The largest absolute Gasteiger partial charge is 0.381 e. The predicted octanol–water partition coefficient (Wildman–Crippen LogP) is 2.47. The van der Waals surface area contributed by atoms with E-state index in [1.807, 2.05) is 7.11 Å². The minimum absolute atomic E-state index is 0.546. The Labute approximate surface area is 119 Å². The Hall–Kier alpha value is -0.120. The Morgan fingerprint density at radius 1 is 1.05 bits per heavy atom. The van der Waals surface area contributed by atoms with Crippen molar-refractivity contribution < 1.29 is 4.74 Å². The standard InChI is InChI=1S/C16H32N2O/c1-14(13-18-10-8-17(2)9-11-18)12-15-4-6-16(19-3)7-5-15/h14-16H,4-13H2,1-3H3. The minimum Gasteiger partial charge on any atom is -0.381 e. The highest BCUT2D eigenvalue weighted by Crippen LogP contribution is 2.30. The van der Waals surface area contributed by atoms with Crippen LogP contribution in [0.1, 0.15) is 39.0 Å². The van der Waals surface area contributed by atoms with Gasteiger partial charge in [-0.2, -0.15) is 0 Å². The summed E-state index contributed by atoms with van der Waals surface area (Å²) in [5, 5.41) is 0. The lowest BCUT2D eigenvalue weighted by molar-refractivity contribution is 0.0511. The average molecular weight is 268 g/mol. The summed E-state index contributed by atoms with van der Waals surface area (Å²) in [6, 6.07) is 0. The summed E-state index contributed by atoms with van der Waals surface area (Å²) < 4.78 is 5.46. The summed E-state index contributed by atoms with van der Waals surface area (Å²) in [5.41, 5.74) is 0. The molecule has 2 fully saturated rings. The van der Waals surface area contributed by atoms with Gasteiger partial charge in [-0.15, -0.1) is 0 Å². The van der Waals surface area contributed by atoms with Crippen molar-refractivity contribution in [2.24, 2.45) is 11.8 Å². The van der Waals surface area contributed by atoms with Crippen molar-refractivity contribution in [1.82, 2.24) is 9.80 Å². The predicted molar refractivity (Wildman–Crippen MR) is 80.5 cm³/mol. The molecule has 0 bridgehead atoms. The number of likely N-dealkylation sites (N-methyl/N-ethyl adjacent to an activating group) is 1. The highest BCUT2D eigenvalue weighted by Gasteiger charge is 2.23. The van der Waals surface area contributed by atoms with Crippen LogP contribution >= 0.6 is 0 Å². The van der Waals surface area contributed by atoms with Crippen LogP contribution in [0.25, 0.3) is 0 Å². The number of hydrogen-bond acceptors (Lipinski definition) is 3. The van der Waals surface area contributed by atoms with E-state index in [0.717, 1.165) is 11.8 Å². The second-order valence-electron chi connectivity index (χ2n) is 6.82. The summed E-state index contributed by atoms with van der Waals surface area (Å²) in [5.74, 6) is 1.81. The smallest absolute Gasteiger partial charge is 0.0571 e. The molecule has 2 aliphatic rings. The maximum absolute atomic E-state index is 5.46. The normalized spacial score (nSPS) is 32.4. The number of rotatable bonds is 5. The van der Waals surface area contributed by atoms with E-state index >= 15 is 0 Å². The third-order valence-corrected chi connectivity index (χ3v) is 5.03. The van der Waals surface area contributed by atoms with Gasteiger partial charge in [0.05, 0.1) is 6.10 Å². The monoisotopic (exact) mass is 268 g/mol. The zero-order valence-corrected chi connectivity index (χ0v) is 13.1.